The Kier molecular flexibility index (Phi) is 6.38. The maximum absolute atomic E-state index is 2.61. The van der Waals surface area contributed by atoms with Crippen molar-refractivity contribution in [3.05, 3.63) is 42.3 Å². The van der Waals surface area contributed by atoms with E-state index in [1.165, 1.54) is 57.4 Å². The molecule has 0 aliphatic carbocycles. The summed E-state index contributed by atoms with van der Waals surface area (Å²) < 4.78 is 0. The molecule has 1 fully saturated rings. The molecule has 0 saturated carbocycles. The topological polar surface area (TPSA) is 6.48 Å². The Morgan fingerprint density at radius 3 is 2.53 bits per heavy atom. The molecule has 1 aliphatic heterocycles. The summed E-state index contributed by atoms with van der Waals surface area (Å²) in [5.74, 6) is 0. The maximum Gasteiger partial charge on any atom is 0.0230 e. The van der Waals surface area contributed by atoms with Crippen molar-refractivity contribution < 1.29 is 0 Å². The van der Waals surface area contributed by atoms with Gasteiger partial charge in [0.2, 0.25) is 0 Å². The highest BCUT2D eigenvalue weighted by molar-refractivity contribution is 5.14. The van der Waals surface area contributed by atoms with Crippen LogP contribution in [0.3, 0.4) is 0 Å². The molecule has 0 atom stereocenters. The fraction of sp³-hybridized carbons (Fsp3) is 0.588. The summed E-state index contributed by atoms with van der Waals surface area (Å²) in [5, 5.41) is 0. The van der Waals surface area contributed by atoms with Crippen LogP contribution in [0.2, 0.25) is 0 Å². The summed E-state index contributed by atoms with van der Waals surface area (Å²) in [6, 6.07) is 10.7. The molecule has 0 aromatic heterocycles. The number of nitrogens with zero attached hydrogens (tertiary/aromatic N) is 2. The molecular weight excluding hydrogens is 232 g/mol. The van der Waals surface area contributed by atoms with Gasteiger partial charge in [0, 0.05) is 6.54 Å². The van der Waals surface area contributed by atoms with Crippen molar-refractivity contribution in [3.63, 3.8) is 0 Å². The maximum atomic E-state index is 2.61. The molecule has 1 radical (unpaired) electrons. The zero-order valence-electron chi connectivity index (χ0n) is 12.2. The van der Waals surface area contributed by atoms with E-state index in [1.54, 1.807) is 0 Å². The van der Waals surface area contributed by atoms with Crippen LogP contribution < -0.4 is 0 Å². The molecule has 2 heteroatoms. The van der Waals surface area contributed by atoms with Crippen molar-refractivity contribution in [2.45, 2.75) is 32.2 Å². The molecule has 19 heavy (non-hydrogen) atoms. The average Bonchev–Trinajstić information content (AvgIpc) is 2.46. The van der Waals surface area contributed by atoms with Crippen molar-refractivity contribution in [1.29, 1.82) is 0 Å². The summed E-state index contributed by atoms with van der Waals surface area (Å²) >= 11 is 0. The Morgan fingerprint density at radius 1 is 1.05 bits per heavy atom. The van der Waals surface area contributed by atoms with Gasteiger partial charge in [0.1, 0.15) is 0 Å². The van der Waals surface area contributed by atoms with E-state index in [2.05, 4.69) is 53.6 Å². The minimum Gasteiger partial charge on any atom is -0.303 e. The Hall–Kier alpha value is -0.860. The Balaban J connectivity index is 1.55. The Morgan fingerprint density at radius 2 is 1.79 bits per heavy atom. The van der Waals surface area contributed by atoms with Crippen LogP contribution >= 0.6 is 0 Å². The van der Waals surface area contributed by atoms with Gasteiger partial charge in [0.05, 0.1) is 0 Å². The van der Waals surface area contributed by atoms with E-state index in [9.17, 15) is 0 Å². The van der Waals surface area contributed by atoms with Gasteiger partial charge in [-0.25, -0.2) is 0 Å². The fourth-order valence-corrected chi connectivity index (χ4v) is 2.72. The highest BCUT2D eigenvalue weighted by Gasteiger charge is 2.09. The molecule has 2 nitrogen and oxygen atoms in total. The fourth-order valence-electron chi connectivity index (χ4n) is 2.72. The van der Waals surface area contributed by atoms with Gasteiger partial charge in [-0.3, -0.25) is 0 Å². The predicted molar refractivity (Wildman–Crippen MR) is 82.0 cm³/mol. The molecule has 1 aromatic carbocycles. The molecule has 1 aromatic rings. The van der Waals surface area contributed by atoms with Crippen LogP contribution in [-0.2, 0) is 6.54 Å². The van der Waals surface area contributed by atoms with Crippen LogP contribution in [0, 0.1) is 6.42 Å². The summed E-state index contributed by atoms with van der Waals surface area (Å²) in [5.41, 5.74) is 1.41. The second-order valence-electron chi connectivity index (χ2n) is 5.64. The third-order valence-corrected chi connectivity index (χ3v) is 3.86. The van der Waals surface area contributed by atoms with E-state index in [1.807, 2.05) is 0 Å². The molecule has 1 heterocycles. The molecule has 1 aliphatic rings. The predicted octanol–water partition coefficient (Wildman–Crippen LogP) is 3.20. The number of piperidine rings is 1. The number of rotatable bonds is 7. The minimum absolute atomic E-state index is 1.07. The van der Waals surface area contributed by atoms with E-state index in [0.717, 1.165) is 6.54 Å². The van der Waals surface area contributed by atoms with Gasteiger partial charge >= 0.3 is 0 Å². The van der Waals surface area contributed by atoms with Crippen molar-refractivity contribution in [2.24, 2.45) is 0 Å². The van der Waals surface area contributed by atoms with Crippen LogP contribution in [0.4, 0.5) is 0 Å². The van der Waals surface area contributed by atoms with E-state index >= 15 is 0 Å². The molecule has 1 saturated heterocycles. The van der Waals surface area contributed by atoms with Crippen LogP contribution in [0.15, 0.2) is 30.3 Å². The summed E-state index contributed by atoms with van der Waals surface area (Å²) in [4.78, 5) is 5.04. The molecule has 0 bridgehead atoms. The normalized spacial score (nSPS) is 16.9. The van der Waals surface area contributed by atoms with Crippen molar-refractivity contribution in [3.8, 4) is 0 Å². The third kappa shape index (κ3) is 5.75. The lowest BCUT2D eigenvalue weighted by Crippen LogP contribution is -2.31. The van der Waals surface area contributed by atoms with Gasteiger partial charge in [-0.2, -0.15) is 0 Å². The molecular formula is C17H27N2. The number of hydrogen-bond acceptors (Lipinski definition) is 2. The molecule has 0 spiro atoms. The Labute approximate surface area is 118 Å². The molecule has 0 amide bonds. The number of unbranched alkanes of at least 4 members (excludes halogenated alkanes) is 1. The largest absolute Gasteiger partial charge is 0.303 e. The number of hydrogen-bond donors (Lipinski definition) is 0. The summed E-state index contributed by atoms with van der Waals surface area (Å²) in [6.07, 6.45) is 7.63. The quantitative estimate of drug-likeness (QED) is 0.694. The zero-order chi connectivity index (χ0) is 13.3. The number of benzene rings is 1. The van der Waals surface area contributed by atoms with Crippen molar-refractivity contribution in [1.82, 2.24) is 9.80 Å². The monoisotopic (exact) mass is 259 g/mol. The van der Waals surface area contributed by atoms with Crippen LogP contribution in [0.25, 0.3) is 0 Å². The minimum atomic E-state index is 1.07. The van der Waals surface area contributed by atoms with E-state index in [-0.39, 0.29) is 0 Å². The van der Waals surface area contributed by atoms with Gasteiger partial charge in [-0.05, 0) is 70.9 Å². The number of likely N-dealkylation sites (tertiary alicyclic amines) is 1. The zero-order valence-corrected chi connectivity index (χ0v) is 12.2. The first-order valence-corrected chi connectivity index (χ1v) is 7.61. The van der Waals surface area contributed by atoms with E-state index < -0.39 is 0 Å². The molecule has 2 rings (SSSR count). The summed E-state index contributed by atoms with van der Waals surface area (Å²) in [6.45, 7) is 6.11. The first-order valence-electron chi connectivity index (χ1n) is 7.61. The highest BCUT2D eigenvalue weighted by atomic mass is 15.1. The van der Waals surface area contributed by atoms with Gasteiger partial charge in [-0.1, -0.05) is 30.3 Å². The lowest BCUT2D eigenvalue weighted by atomic mass is 10.1. The second-order valence-corrected chi connectivity index (χ2v) is 5.64. The van der Waals surface area contributed by atoms with E-state index in [0.29, 0.717) is 0 Å². The van der Waals surface area contributed by atoms with Crippen LogP contribution in [0.5, 0.6) is 0 Å². The molecule has 0 N–H and O–H groups in total. The van der Waals surface area contributed by atoms with Crippen molar-refractivity contribution >= 4 is 0 Å². The molecule has 0 unspecified atom stereocenters. The molecule has 105 valence electrons. The lowest BCUT2D eigenvalue weighted by Gasteiger charge is -2.26. The SMILES string of the molecule is CN(CCCCN1CC[CH]CC1)Cc1ccccc1. The Bertz CT molecular complexity index is 330. The lowest BCUT2D eigenvalue weighted by molar-refractivity contribution is 0.239. The highest BCUT2D eigenvalue weighted by Crippen LogP contribution is 2.09. The third-order valence-electron chi connectivity index (χ3n) is 3.86. The van der Waals surface area contributed by atoms with Crippen molar-refractivity contribution in [2.75, 3.05) is 33.2 Å². The smallest absolute Gasteiger partial charge is 0.0230 e. The van der Waals surface area contributed by atoms with Gasteiger partial charge in [0.25, 0.3) is 0 Å². The first-order chi connectivity index (χ1) is 9.34. The standard InChI is InChI=1S/C17H27N2/c1-18(16-17-10-4-2-5-11-17)12-8-9-15-19-13-6-3-7-14-19/h2-5,10-11H,6-9,12-16H2,1H3. The van der Waals surface area contributed by atoms with E-state index in [4.69, 9.17) is 0 Å². The first kappa shape index (κ1) is 14.5. The van der Waals surface area contributed by atoms with Crippen LogP contribution in [0.1, 0.15) is 31.2 Å². The summed E-state index contributed by atoms with van der Waals surface area (Å²) in [7, 11) is 2.23. The average molecular weight is 259 g/mol. The van der Waals surface area contributed by atoms with Crippen LogP contribution in [-0.4, -0.2) is 43.0 Å². The second kappa shape index (κ2) is 8.34. The van der Waals surface area contributed by atoms with Gasteiger partial charge in [0.15, 0.2) is 0 Å². The van der Waals surface area contributed by atoms with Gasteiger partial charge < -0.3 is 9.80 Å². The van der Waals surface area contributed by atoms with Gasteiger partial charge in [-0.15, -0.1) is 0 Å².